The maximum absolute atomic E-state index is 12.9. The summed E-state index contributed by atoms with van der Waals surface area (Å²) in [5.74, 6) is 0.519. The Hall–Kier alpha value is -3.24. The highest BCUT2D eigenvalue weighted by atomic mass is 32.2. The number of aryl methyl sites for hydroxylation is 1. The molecule has 2 aromatic carbocycles. The van der Waals surface area contributed by atoms with Crippen molar-refractivity contribution in [1.29, 1.82) is 5.26 Å². The Morgan fingerprint density at radius 1 is 1.10 bits per heavy atom. The summed E-state index contributed by atoms with van der Waals surface area (Å²) >= 11 is 1.48. The predicted octanol–water partition coefficient (Wildman–Crippen LogP) is 3.88. The molecule has 3 aromatic rings. The zero-order valence-corrected chi connectivity index (χ0v) is 18.4. The fourth-order valence-electron chi connectivity index (χ4n) is 3.80. The molecule has 31 heavy (non-hydrogen) atoms. The Morgan fingerprint density at radius 2 is 1.90 bits per heavy atom. The highest BCUT2D eigenvalue weighted by Crippen LogP contribution is 2.23. The molecule has 1 aliphatic heterocycles. The normalized spacial score (nSPS) is 14.2. The van der Waals surface area contributed by atoms with Crippen LogP contribution in [0.1, 0.15) is 17.5 Å². The maximum Gasteiger partial charge on any atom is 0.233 e. The number of amides is 1. The average molecular weight is 432 g/mol. The molecule has 1 aliphatic rings. The van der Waals surface area contributed by atoms with Crippen molar-refractivity contribution in [2.75, 3.05) is 36.8 Å². The van der Waals surface area contributed by atoms with Crippen LogP contribution in [-0.4, -0.2) is 52.3 Å². The van der Waals surface area contributed by atoms with Gasteiger partial charge in [-0.05, 0) is 49.2 Å². The lowest BCUT2D eigenvalue weighted by Crippen LogP contribution is -2.36. The first-order valence-electron chi connectivity index (χ1n) is 10.4. The number of hydrogen-bond donors (Lipinski definition) is 0. The summed E-state index contributed by atoms with van der Waals surface area (Å²) in [6.45, 7) is 5.23. The summed E-state index contributed by atoms with van der Waals surface area (Å²) in [6, 6.07) is 18.0. The van der Waals surface area contributed by atoms with E-state index in [4.69, 9.17) is 5.26 Å². The van der Waals surface area contributed by atoms with E-state index in [1.54, 1.807) is 6.20 Å². The summed E-state index contributed by atoms with van der Waals surface area (Å²) in [4.78, 5) is 21.6. The number of carbonyl (C=O) groups excluding carboxylic acids is 1. The zero-order chi connectivity index (χ0) is 21.6. The van der Waals surface area contributed by atoms with Gasteiger partial charge in [0.2, 0.25) is 5.91 Å². The van der Waals surface area contributed by atoms with E-state index >= 15 is 0 Å². The maximum atomic E-state index is 12.9. The van der Waals surface area contributed by atoms with Gasteiger partial charge in [0.25, 0.3) is 0 Å². The Bertz CT molecular complexity index is 1090. The van der Waals surface area contributed by atoms with Crippen molar-refractivity contribution in [2.45, 2.75) is 18.5 Å². The Labute approximate surface area is 187 Å². The molecule has 1 aromatic heterocycles. The van der Waals surface area contributed by atoms with Crippen LogP contribution in [0.25, 0.3) is 5.69 Å². The number of carbonyl (C=O) groups is 1. The SMILES string of the molecule is Cc1ccccc1-n1ccnc1SCC(=O)N1CCCN(c2ccc(C#N)cc2)CC1. The van der Waals surface area contributed by atoms with Crippen LogP contribution < -0.4 is 4.90 Å². The molecule has 0 saturated carbocycles. The van der Waals surface area contributed by atoms with Crippen LogP contribution in [0.4, 0.5) is 5.69 Å². The molecule has 0 spiro atoms. The van der Waals surface area contributed by atoms with E-state index < -0.39 is 0 Å². The number of anilines is 1. The second kappa shape index (κ2) is 9.71. The number of thioether (sulfide) groups is 1. The molecular formula is C24H25N5OS. The molecule has 2 heterocycles. The molecule has 4 rings (SSSR count). The van der Waals surface area contributed by atoms with Crippen LogP contribution >= 0.6 is 11.8 Å². The molecule has 1 amide bonds. The van der Waals surface area contributed by atoms with E-state index in [-0.39, 0.29) is 5.91 Å². The molecule has 0 N–H and O–H groups in total. The minimum Gasteiger partial charge on any atom is -0.370 e. The Morgan fingerprint density at radius 3 is 2.68 bits per heavy atom. The number of rotatable bonds is 5. The molecule has 6 nitrogen and oxygen atoms in total. The summed E-state index contributed by atoms with van der Waals surface area (Å²) in [5, 5.41) is 9.81. The average Bonchev–Trinajstić information content (AvgIpc) is 3.12. The number of nitrogens with zero attached hydrogens (tertiary/aromatic N) is 5. The zero-order valence-electron chi connectivity index (χ0n) is 17.6. The van der Waals surface area contributed by atoms with Gasteiger partial charge in [-0.1, -0.05) is 30.0 Å². The molecule has 1 fully saturated rings. The van der Waals surface area contributed by atoms with Crippen molar-refractivity contribution < 1.29 is 4.79 Å². The molecule has 1 saturated heterocycles. The van der Waals surface area contributed by atoms with Crippen LogP contribution in [0.5, 0.6) is 0 Å². The van der Waals surface area contributed by atoms with Crippen LogP contribution in [0.15, 0.2) is 66.1 Å². The van der Waals surface area contributed by atoms with Crippen LogP contribution in [-0.2, 0) is 4.79 Å². The van der Waals surface area contributed by atoms with Crippen LogP contribution in [0, 0.1) is 18.3 Å². The lowest BCUT2D eigenvalue weighted by molar-refractivity contribution is -0.128. The molecule has 0 bridgehead atoms. The van der Waals surface area contributed by atoms with E-state index in [2.05, 4.69) is 35.0 Å². The fraction of sp³-hybridized carbons (Fsp3) is 0.292. The summed E-state index contributed by atoms with van der Waals surface area (Å²) in [7, 11) is 0. The van der Waals surface area contributed by atoms with Gasteiger partial charge >= 0.3 is 0 Å². The molecule has 7 heteroatoms. The van der Waals surface area contributed by atoms with Gasteiger partial charge in [-0.15, -0.1) is 0 Å². The number of aromatic nitrogens is 2. The van der Waals surface area contributed by atoms with Crippen LogP contribution in [0.3, 0.4) is 0 Å². The van der Waals surface area contributed by atoms with Gasteiger partial charge in [0.05, 0.1) is 23.1 Å². The van der Waals surface area contributed by atoms with Crippen LogP contribution in [0.2, 0.25) is 0 Å². The van der Waals surface area contributed by atoms with Gasteiger partial charge in [-0.25, -0.2) is 4.98 Å². The van der Waals surface area contributed by atoms with Gasteiger partial charge in [-0.2, -0.15) is 5.26 Å². The monoisotopic (exact) mass is 431 g/mol. The third kappa shape index (κ3) is 4.92. The Kier molecular flexibility index (Phi) is 6.58. The minimum absolute atomic E-state index is 0.144. The first-order valence-corrected chi connectivity index (χ1v) is 11.4. The molecular weight excluding hydrogens is 406 g/mol. The van der Waals surface area contributed by atoms with Crippen molar-refractivity contribution >= 4 is 23.4 Å². The van der Waals surface area contributed by atoms with Gasteiger partial charge < -0.3 is 9.80 Å². The molecule has 0 radical (unpaired) electrons. The fourth-order valence-corrected chi connectivity index (χ4v) is 4.67. The highest BCUT2D eigenvalue weighted by Gasteiger charge is 2.20. The number of hydrogen-bond acceptors (Lipinski definition) is 5. The number of para-hydroxylation sites is 1. The number of imidazole rings is 1. The third-order valence-electron chi connectivity index (χ3n) is 5.52. The molecule has 158 valence electrons. The van der Waals surface area contributed by atoms with Gasteiger partial charge in [-0.3, -0.25) is 9.36 Å². The second-order valence-corrected chi connectivity index (χ2v) is 8.48. The standard InChI is InChI=1S/C24H25N5OS/c1-19-5-2-3-6-22(19)29-14-11-26-24(29)31-18-23(30)28-13-4-12-27(15-16-28)21-9-7-20(17-25)8-10-21/h2-3,5-11,14H,4,12-13,15-16,18H2,1H3. The topological polar surface area (TPSA) is 65.2 Å². The first-order chi connectivity index (χ1) is 15.2. The van der Waals surface area contributed by atoms with Crippen molar-refractivity contribution in [2.24, 2.45) is 0 Å². The van der Waals surface area contributed by atoms with Crippen molar-refractivity contribution in [1.82, 2.24) is 14.5 Å². The molecule has 0 aliphatic carbocycles. The first kappa shape index (κ1) is 21.0. The van der Waals surface area contributed by atoms with E-state index in [1.807, 2.05) is 52.1 Å². The lowest BCUT2D eigenvalue weighted by Gasteiger charge is -2.23. The van der Waals surface area contributed by atoms with E-state index in [0.717, 1.165) is 42.6 Å². The summed E-state index contributed by atoms with van der Waals surface area (Å²) in [6.07, 6.45) is 4.64. The van der Waals surface area contributed by atoms with Gasteiger partial charge in [0, 0.05) is 44.3 Å². The van der Waals surface area contributed by atoms with Crippen molar-refractivity contribution in [3.8, 4) is 11.8 Å². The summed E-state index contributed by atoms with van der Waals surface area (Å²) in [5.41, 5.74) is 4.02. The molecule has 0 atom stereocenters. The van der Waals surface area contributed by atoms with Crippen molar-refractivity contribution in [3.63, 3.8) is 0 Å². The number of benzene rings is 2. The van der Waals surface area contributed by atoms with Gasteiger partial charge in [0.1, 0.15) is 0 Å². The van der Waals surface area contributed by atoms with E-state index in [9.17, 15) is 4.79 Å². The minimum atomic E-state index is 0.144. The number of nitriles is 1. The highest BCUT2D eigenvalue weighted by molar-refractivity contribution is 7.99. The van der Waals surface area contributed by atoms with E-state index in [1.165, 1.54) is 17.3 Å². The second-order valence-electron chi connectivity index (χ2n) is 7.54. The summed E-state index contributed by atoms with van der Waals surface area (Å²) < 4.78 is 2.04. The van der Waals surface area contributed by atoms with E-state index in [0.29, 0.717) is 17.9 Å². The quantitative estimate of drug-likeness (QED) is 0.574. The smallest absolute Gasteiger partial charge is 0.233 e. The van der Waals surface area contributed by atoms with Crippen molar-refractivity contribution in [3.05, 3.63) is 72.1 Å². The predicted molar refractivity (Wildman–Crippen MR) is 124 cm³/mol. The third-order valence-corrected chi connectivity index (χ3v) is 6.47. The largest absolute Gasteiger partial charge is 0.370 e. The molecule has 0 unspecified atom stereocenters. The lowest BCUT2D eigenvalue weighted by atomic mass is 10.2. The van der Waals surface area contributed by atoms with Gasteiger partial charge in [0.15, 0.2) is 5.16 Å². The Balaban J connectivity index is 1.35.